The van der Waals surface area contributed by atoms with Crippen LogP contribution in [0.15, 0.2) is 0 Å². The summed E-state index contributed by atoms with van der Waals surface area (Å²) in [4.78, 5) is 2.60. The summed E-state index contributed by atoms with van der Waals surface area (Å²) in [5, 5.41) is 3.43. The van der Waals surface area contributed by atoms with Crippen LogP contribution in [0.1, 0.15) is 33.1 Å². The second-order valence-corrected chi connectivity index (χ2v) is 5.55. The highest BCUT2D eigenvalue weighted by molar-refractivity contribution is 4.80. The van der Waals surface area contributed by atoms with E-state index >= 15 is 0 Å². The number of hydrogen-bond acceptors (Lipinski definition) is 3. The Bertz CT molecular complexity index is 202. The summed E-state index contributed by atoms with van der Waals surface area (Å²) in [6.45, 7) is 10.4. The smallest absolute Gasteiger partial charge is 0.0717 e. The van der Waals surface area contributed by atoms with Crippen molar-refractivity contribution in [2.45, 2.75) is 45.3 Å². The zero-order valence-electron chi connectivity index (χ0n) is 10.7. The van der Waals surface area contributed by atoms with Gasteiger partial charge < -0.3 is 15.0 Å². The molecule has 2 aliphatic rings. The molecule has 2 saturated heterocycles. The lowest BCUT2D eigenvalue weighted by atomic mass is 9.98. The molecule has 94 valence electrons. The number of nitrogens with one attached hydrogen (secondary N) is 1. The predicted molar refractivity (Wildman–Crippen MR) is 66.7 cm³/mol. The number of nitrogens with zero attached hydrogens (tertiary/aromatic N) is 1. The van der Waals surface area contributed by atoms with Crippen molar-refractivity contribution >= 4 is 0 Å². The van der Waals surface area contributed by atoms with E-state index < -0.39 is 0 Å². The summed E-state index contributed by atoms with van der Waals surface area (Å²) < 4.78 is 5.88. The summed E-state index contributed by atoms with van der Waals surface area (Å²) in [6.07, 6.45) is 4.80. The van der Waals surface area contributed by atoms with Gasteiger partial charge in [-0.25, -0.2) is 0 Å². The molecule has 2 heterocycles. The van der Waals surface area contributed by atoms with Crippen LogP contribution in [0.3, 0.4) is 0 Å². The maximum atomic E-state index is 5.88. The molecule has 2 aliphatic heterocycles. The van der Waals surface area contributed by atoms with Gasteiger partial charge in [0.15, 0.2) is 0 Å². The topological polar surface area (TPSA) is 24.5 Å². The first kappa shape index (κ1) is 12.3. The van der Waals surface area contributed by atoms with Gasteiger partial charge in [0.1, 0.15) is 0 Å². The third-order valence-electron chi connectivity index (χ3n) is 3.67. The van der Waals surface area contributed by atoms with E-state index in [1.165, 1.54) is 45.4 Å². The molecule has 1 atom stereocenters. The van der Waals surface area contributed by atoms with E-state index in [1.54, 1.807) is 0 Å². The molecule has 3 nitrogen and oxygen atoms in total. The van der Waals surface area contributed by atoms with Crippen LogP contribution in [0, 0.1) is 5.92 Å². The average Bonchev–Trinajstić information content (AvgIpc) is 2.66. The first-order valence-electron chi connectivity index (χ1n) is 6.82. The fourth-order valence-corrected chi connectivity index (χ4v) is 2.89. The Morgan fingerprint density at radius 3 is 2.69 bits per heavy atom. The lowest BCUT2D eigenvalue weighted by molar-refractivity contribution is 0.0131. The summed E-state index contributed by atoms with van der Waals surface area (Å²) in [5.74, 6) is 0.916. The van der Waals surface area contributed by atoms with Crippen LogP contribution in [-0.2, 0) is 4.74 Å². The molecule has 16 heavy (non-hydrogen) atoms. The van der Waals surface area contributed by atoms with Gasteiger partial charge in [0.25, 0.3) is 0 Å². The molecule has 0 saturated carbocycles. The number of likely N-dealkylation sites (tertiary alicyclic amines) is 1. The van der Waals surface area contributed by atoms with Gasteiger partial charge in [-0.1, -0.05) is 0 Å². The lowest BCUT2D eigenvalue weighted by Gasteiger charge is -2.27. The van der Waals surface area contributed by atoms with Crippen molar-refractivity contribution in [3.8, 4) is 0 Å². The third-order valence-corrected chi connectivity index (χ3v) is 3.67. The Kier molecular flexibility index (Phi) is 4.62. The van der Waals surface area contributed by atoms with Gasteiger partial charge in [0.2, 0.25) is 0 Å². The van der Waals surface area contributed by atoms with Crippen molar-refractivity contribution in [1.82, 2.24) is 10.2 Å². The minimum Gasteiger partial charge on any atom is -0.374 e. The number of rotatable bonds is 4. The van der Waals surface area contributed by atoms with Gasteiger partial charge in [-0.3, -0.25) is 0 Å². The maximum Gasteiger partial charge on any atom is 0.0717 e. The van der Waals surface area contributed by atoms with Gasteiger partial charge in [0.05, 0.1) is 12.2 Å². The van der Waals surface area contributed by atoms with E-state index in [4.69, 9.17) is 4.74 Å². The molecule has 0 aromatic rings. The molecule has 0 aromatic heterocycles. The molecule has 0 aliphatic carbocycles. The highest BCUT2D eigenvalue weighted by atomic mass is 16.5. The molecule has 0 radical (unpaired) electrons. The first-order chi connectivity index (χ1) is 7.74. The fraction of sp³-hybridized carbons (Fsp3) is 1.00. The zero-order valence-corrected chi connectivity index (χ0v) is 10.7. The second-order valence-electron chi connectivity index (χ2n) is 5.55. The van der Waals surface area contributed by atoms with E-state index in [1.807, 2.05) is 0 Å². The maximum absolute atomic E-state index is 5.88. The molecule has 0 aromatic carbocycles. The van der Waals surface area contributed by atoms with Crippen molar-refractivity contribution in [3.05, 3.63) is 0 Å². The molecular formula is C13H26N2O. The van der Waals surface area contributed by atoms with E-state index in [-0.39, 0.29) is 0 Å². The van der Waals surface area contributed by atoms with Gasteiger partial charge in [0, 0.05) is 19.6 Å². The summed E-state index contributed by atoms with van der Waals surface area (Å²) in [5.41, 5.74) is 0. The van der Waals surface area contributed by atoms with Crippen LogP contribution < -0.4 is 5.32 Å². The Morgan fingerprint density at radius 2 is 2.00 bits per heavy atom. The molecule has 0 bridgehead atoms. The van der Waals surface area contributed by atoms with Crippen LogP contribution in [0.5, 0.6) is 0 Å². The molecule has 0 spiro atoms. The third kappa shape index (κ3) is 3.72. The Balaban J connectivity index is 1.67. The van der Waals surface area contributed by atoms with E-state index in [2.05, 4.69) is 24.1 Å². The minimum atomic E-state index is 0.379. The van der Waals surface area contributed by atoms with Gasteiger partial charge in [-0.05, 0) is 52.1 Å². The summed E-state index contributed by atoms with van der Waals surface area (Å²) >= 11 is 0. The normalized spacial score (nSPS) is 29.1. The van der Waals surface area contributed by atoms with Gasteiger partial charge >= 0.3 is 0 Å². The quantitative estimate of drug-likeness (QED) is 0.786. The van der Waals surface area contributed by atoms with Crippen LogP contribution in [0.4, 0.5) is 0 Å². The molecular weight excluding hydrogens is 200 g/mol. The monoisotopic (exact) mass is 226 g/mol. The van der Waals surface area contributed by atoms with Crippen molar-refractivity contribution < 1.29 is 4.74 Å². The molecule has 0 unspecified atom stereocenters. The molecule has 2 rings (SSSR count). The van der Waals surface area contributed by atoms with Crippen molar-refractivity contribution in [3.63, 3.8) is 0 Å². The largest absolute Gasteiger partial charge is 0.374 e. The first-order valence-corrected chi connectivity index (χ1v) is 6.82. The van der Waals surface area contributed by atoms with Crippen LogP contribution >= 0.6 is 0 Å². The molecule has 2 fully saturated rings. The van der Waals surface area contributed by atoms with Crippen LogP contribution in [0.25, 0.3) is 0 Å². The van der Waals surface area contributed by atoms with Gasteiger partial charge in [-0.2, -0.15) is 0 Å². The van der Waals surface area contributed by atoms with Gasteiger partial charge in [-0.15, -0.1) is 0 Å². The molecule has 3 heteroatoms. The average molecular weight is 226 g/mol. The van der Waals surface area contributed by atoms with Crippen molar-refractivity contribution in [2.24, 2.45) is 5.92 Å². The van der Waals surface area contributed by atoms with E-state index in [0.29, 0.717) is 12.2 Å². The SMILES string of the molecule is CC(C)O[C@H]1CCN(CC2CCNCC2)C1. The van der Waals surface area contributed by atoms with Crippen LogP contribution in [-0.4, -0.2) is 49.8 Å². The van der Waals surface area contributed by atoms with Crippen molar-refractivity contribution in [1.29, 1.82) is 0 Å². The standard InChI is InChI=1S/C13H26N2O/c1-11(2)16-13-5-8-15(10-13)9-12-3-6-14-7-4-12/h11-14H,3-10H2,1-2H3/t13-/m0/s1. The van der Waals surface area contributed by atoms with Crippen molar-refractivity contribution in [2.75, 3.05) is 32.7 Å². The minimum absolute atomic E-state index is 0.379. The Labute approximate surface area is 99.5 Å². The highest BCUT2D eigenvalue weighted by Crippen LogP contribution is 2.19. The number of hydrogen-bond donors (Lipinski definition) is 1. The van der Waals surface area contributed by atoms with E-state index in [9.17, 15) is 0 Å². The fourth-order valence-electron chi connectivity index (χ4n) is 2.89. The Hall–Kier alpha value is -0.120. The lowest BCUT2D eigenvalue weighted by Crippen LogP contribution is -2.35. The molecule has 1 N–H and O–H groups in total. The highest BCUT2D eigenvalue weighted by Gasteiger charge is 2.26. The van der Waals surface area contributed by atoms with E-state index in [0.717, 1.165) is 12.5 Å². The predicted octanol–water partition coefficient (Wildman–Crippen LogP) is 1.49. The summed E-state index contributed by atoms with van der Waals surface area (Å²) in [6, 6.07) is 0. The number of ether oxygens (including phenoxy) is 1. The number of piperidine rings is 1. The zero-order chi connectivity index (χ0) is 11.4. The van der Waals surface area contributed by atoms with Crippen LogP contribution in [0.2, 0.25) is 0 Å². The summed E-state index contributed by atoms with van der Waals surface area (Å²) in [7, 11) is 0. The second kappa shape index (κ2) is 5.99. The Morgan fingerprint density at radius 1 is 1.25 bits per heavy atom. The molecule has 0 amide bonds.